The van der Waals surface area contributed by atoms with E-state index < -0.39 is 23.9 Å². The Morgan fingerprint density at radius 2 is 1.68 bits per heavy atom. The minimum atomic E-state index is -1.13. The number of carbonyl (C=O) groups excluding carboxylic acids is 3. The zero-order valence-electron chi connectivity index (χ0n) is 13.4. The van der Waals surface area contributed by atoms with E-state index in [0.717, 1.165) is 0 Å². The Bertz CT molecular complexity index is 828. The van der Waals surface area contributed by atoms with Gasteiger partial charge in [-0.3, -0.25) is 20.4 Å². The van der Waals surface area contributed by atoms with Crippen LogP contribution < -0.4 is 10.9 Å². The third-order valence-corrected chi connectivity index (χ3v) is 3.22. The molecule has 0 saturated heterocycles. The van der Waals surface area contributed by atoms with Gasteiger partial charge in [0.15, 0.2) is 6.10 Å². The molecule has 0 aliphatic rings. The summed E-state index contributed by atoms with van der Waals surface area (Å²) in [6.45, 7) is 1.37. The number of nitrogens with zero attached hydrogens (tertiary/aromatic N) is 1. The number of hydrogen-bond donors (Lipinski definition) is 2. The van der Waals surface area contributed by atoms with E-state index in [4.69, 9.17) is 10.00 Å². The highest BCUT2D eigenvalue weighted by Crippen LogP contribution is 2.07. The average molecular weight is 337 g/mol. The summed E-state index contributed by atoms with van der Waals surface area (Å²) in [7, 11) is 0. The number of carbonyl (C=O) groups is 3. The first-order valence-electron chi connectivity index (χ1n) is 7.37. The number of benzene rings is 2. The molecule has 0 radical (unpaired) electrons. The lowest BCUT2D eigenvalue weighted by molar-refractivity contribution is -0.129. The van der Waals surface area contributed by atoms with Crippen molar-refractivity contribution >= 4 is 17.8 Å². The lowest BCUT2D eigenvalue weighted by Gasteiger charge is -2.14. The number of amides is 2. The summed E-state index contributed by atoms with van der Waals surface area (Å²) in [5.74, 6) is -1.92. The molecular weight excluding hydrogens is 322 g/mol. The van der Waals surface area contributed by atoms with Crippen LogP contribution in [-0.2, 0) is 9.53 Å². The molecule has 2 rings (SSSR count). The number of nitriles is 1. The third-order valence-electron chi connectivity index (χ3n) is 3.22. The van der Waals surface area contributed by atoms with Crippen LogP contribution in [0.25, 0.3) is 0 Å². The van der Waals surface area contributed by atoms with Crippen LogP contribution >= 0.6 is 0 Å². The van der Waals surface area contributed by atoms with Crippen LogP contribution in [0.2, 0.25) is 0 Å². The normalized spacial score (nSPS) is 10.9. The Kier molecular flexibility index (Phi) is 5.85. The van der Waals surface area contributed by atoms with Gasteiger partial charge in [-0.25, -0.2) is 4.79 Å². The highest BCUT2D eigenvalue weighted by atomic mass is 16.5. The van der Waals surface area contributed by atoms with Gasteiger partial charge in [-0.05, 0) is 37.3 Å². The second kappa shape index (κ2) is 8.26. The van der Waals surface area contributed by atoms with Crippen LogP contribution in [0.3, 0.4) is 0 Å². The maximum absolute atomic E-state index is 12.0. The standard InChI is InChI=1S/C18H15N3O4/c1-12(25-18(24)15-9-5-6-13(10-15)11-19)16(22)20-21-17(23)14-7-3-2-4-8-14/h2-10,12H,1H3,(H,20,22)(H,21,23)/t12-/m1/s1. The summed E-state index contributed by atoms with van der Waals surface area (Å²) >= 11 is 0. The molecule has 7 nitrogen and oxygen atoms in total. The van der Waals surface area contributed by atoms with Crippen molar-refractivity contribution in [3.05, 3.63) is 71.3 Å². The highest BCUT2D eigenvalue weighted by Gasteiger charge is 2.19. The fourth-order valence-corrected chi connectivity index (χ4v) is 1.88. The van der Waals surface area contributed by atoms with E-state index in [0.29, 0.717) is 11.1 Å². The molecule has 0 spiro atoms. The molecule has 126 valence electrons. The first-order valence-corrected chi connectivity index (χ1v) is 7.37. The molecular formula is C18H15N3O4. The van der Waals surface area contributed by atoms with Gasteiger partial charge in [0.2, 0.25) is 0 Å². The zero-order valence-corrected chi connectivity index (χ0v) is 13.4. The van der Waals surface area contributed by atoms with Gasteiger partial charge in [0.25, 0.3) is 11.8 Å². The summed E-state index contributed by atoms with van der Waals surface area (Å²) in [6, 6.07) is 16.2. The summed E-state index contributed by atoms with van der Waals surface area (Å²) in [6.07, 6.45) is -1.13. The van der Waals surface area contributed by atoms with Crippen molar-refractivity contribution in [2.75, 3.05) is 0 Å². The fourth-order valence-electron chi connectivity index (χ4n) is 1.88. The Morgan fingerprint density at radius 3 is 2.36 bits per heavy atom. The van der Waals surface area contributed by atoms with Crippen molar-refractivity contribution in [2.24, 2.45) is 0 Å². The van der Waals surface area contributed by atoms with Crippen molar-refractivity contribution in [2.45, 2.75) is 13.0 Å². The third kappa shape index (κ3) is 4.91. The molecule has 0 heterocycles. The van der Waals surface area contributed by atoms with E-state index in [-0.39, 0.29) is 5.56 Å². The molecule has 0 bridgehead atoms. The van der Waals surface area contributed by atoms with Crippen molar-refractivity contribution in [3.8, 4) is 6.07 Å². The van der Waals surface area contributed by atoms with E-state index in [1.807, 2.05) is 6.07 Å². The summed E-state index contributed by atoms with van der Waals surface area (Å²) < 4.78 is 5.02. The second-order valence-electron chi connectivity index (χ2n) is 5.05. The number of ether oxygens (including phenoxy) is 1. The molecule has 0 aromatic heterocycles. The van der Waals surface area contributed by atoms with Crippen LogP contribution in [0.5, 0.6) is 0 Å². The number of esters is 1. The average Bonchev–Trinajstić information content (AvgIpc) is 2.66. The van der Waals surface area contributed by atoms with Crippen LogP contribution in [-0.4, -0.2) is 23.9 Å². The molecule has 0 fully saturated rings. The van der Waals surface area contributed by atoms with Crippen molar-refractivity contribution < 1.29 is 19.1 Å². The van der Waals surface area contributed by atoms with E-state index in [2.05, 4.69) is 10.9 Å². The first-order chi connectivity index (χ1) is 12.0. The van der Waals surface area contributed by atoms with Gasteiger partial charge in [0.1, 0.15) is 0 Å². The lowest BCUT2D eigenvalue weighted by Crippen LogP contribution is -2.46. The van der Waals surface area contributed by atoms with Crippen LogP contribution in [0.1, 0.15) is 33.2 Å². The summed E-state index contributed by atoms with van der Waals surface area (Å²) in [5, 5.41) is 8.82. The van der Waals surface area contributed by atoms with Gasteiger partial charge in [-0.15, -0.1) is 0 Å². The summed E-state index contributed by atoms with van der Waals surface area (Å²) in [5.41, 5.74) is 5.27. The van der Waals surface area contributed by atoms with Gasteiger partial charge in [-0.1, -0.05) is 24.3 Å². The Labute approximate surface area is 144 Å². The number of rotatable bonds is 4. The molecule has 2 N–H and O–H groups in total. The molecule has 0 aliphatic carbocycles. The van der Waals surface area contributed by atoms with Gasteiger partial charge in [0.05, 0.1) is 17.2 Å². The van der Waals surface area contributed by atoms with Gasteiger partial charge < -0.3 is 4.74 Å². The lowest BCUT2D eigenvalue weighted by atomic mass is 10.1. The van der Waals surface area contributed by atoms with Gasteiger partial charge >= 0.3 is 5.97 Å². The van der Waals surface area contributed by atoms with Gasteiger partial charge in [-0.2, -0.15) is 5.26 Å². The fraction of sp³-hybridized carbons (Fsp3) is 0.111. The molecule has 0 aliphatic heterocycles. The molecule has 2 aromatic rings. The quantitative estimate of drug-likeness (QED) is 0.650. The van der Waals surface area contributed by atoms with Crippen LogP contribution in [0, 0.1) is 11.3 Å². The van der Waals surface area contributed by atoms with E-state index in [1.54, 1.807) is 42.5 Å². The van der Waals surface area contributed by atoms with Crippen molar-refractivity contribution in [1.82, 2.24) is 10.9 Å². The zero-order chi connectivity index (χ0) is 18.2. The first kappa shape index (κ1) is 17.7. The molecule has 0 unspecified atom stereocenters. The monoisotopic (exact) mass is 337 g/mol. The predicted octanol–water partition coefficient (Wildman–Crippen LogP) is 1.56. The second-order valence-corrected chi connectivity index (χ2v) is 5.05. The molecule has 2 aromatic carbocycles. The summed E-state index contributed by atoms with van der Waals surface area (Å²) in [4.78, 5) is 35.7. The van der Waals surface area contributed by atoms with Gasteiger partial charge in [0, 0.05) is 5.56 Å². The van der Waals surface area contributed by atoms with Crippen molar-refractivity contribution in [3.63, 3.8) is 0 Å². The smallest absolute Gasteiger partial charge is 0.338 e. The Balaban J connectivity index is 1.88. The minimum absolute atomic E-state index is 0.159. The minimum Gasteiger partial charge on any atom is -0.449 e. The molecule has 1 atom stereocenters. The van der Waals surface area contributed by atoms with Crippen LogP contribution in [0.4, 0.5) is 0 Å². The number of hydrogen-bond acceptors (Lipinski definition) is 5. The highest BCUT2D eigenvalue weighted by molar-refractivity contribution is 5.96. The van der Waals surface area contributed by atoms with Crippen LogP contribution in [0.15, 0.2) is 54.6 Å². The van der Waals surface area contributed by atoms with E-state index >= 15 is 0 Å². The topological polar surface area (TPSA) is 108 Å². The maximum Gasteiger partial charge on any atom is 0.338 e. The molecule has 2 amide bonds. The Hall–Kier alpha value is -3.66. The van der Waals surface area contributed by atoms with E-state index in [1.165, 1.54) is 19.1 Å². The number of hydrazine groups is 1. The molecule has 25 heavy (non-hydrogen) atoms. The van der Waals surface area contributed by atoms with Crippen molar-refractivity contribution in [1.29, 1.82) is 5.26 Å². The largest absolute Gasteiger partial charge is 0.449 e. The van der Waals surface area contributed by atoms with E-state index in [9.17, 15) is 14.4 Å². The molecule has 0 saturated carbocycles. The predicted molar refractivity (Wildman–Crippen MR) is 88.1 cm³/mol. The molecule has 7 heteroatoms. The number of nitrogens with one attached hydrogen (secondary N) is 2. The maximum atomic E-state index is 12.0. The SMILES string of the molecule is C[C@@H](OC(=O)c1cccc(C#N)c1)C(=O)NNC(=O)c1ccccc1. The Morgan fingerprint density at radius 1 is 1.00 bits per heavy atom.